The van der Waals surface area contributed by atoms with Crippen LogP contribution < -0.4 is 5.32 Å². The third-order valence-corrected chi connectivity index (χ3v) is 4.42. The van der Waals surface area contributed by atoms with E-state index in [0.717, 1.165) is 16.4 Å². The molecule has 0 saturated heterocycles. The van der Waals surface area contributed by atoms with Crippen molar-refractivity contribution < 1.29 is 22.0 Å². The average Bonchev–Trinajstić information content (AvgIpc) is 2.25. The van der Waals surface area contributed by atoms with Gasteiger partial charge < -0.3 is 5.32 Å². The van der Waals surface area contributed by atoms with Crippen LogP contribution in [-0.2, 0) is 14.8 Å². The Labute approximate surface area is 110 Å². The number of halogens is 2. The molecule has 1 aromatic rings. The largest absolute Gasteiger partial charge is 0.326 e. The summed E-state index contributed by atoms with van der Waals surface area (Å²) in [6, 6.07) is 1.53. The molecule has 1 N–H and O–H groups in total. The summed E-state index contributed by atoms with van der Waals surface area (Å²) in [6.45, 7) is 2.79. The summed E-state index contributed by atoms with van der Waals surface area (Å²) in [5, 5.41) is 2.18. The fraction of sp³-hybridized carbons (Fsp3) is 0.364. The van der Waals surface area contributed by atoms with Crippen LogP contribution in [0.2, 0.25) is 0 Å². The first-order chi connectivity index (χ1) is 8.70. The Bertz CT molecular complexity index is 579. The molecule has 1 amide bonds. The van der Waals surface area contributed by atoms with E-state index >= 15 is 0 Å². The summed E-state index contributed by atoms with van der Waals surface area (Å²) in [5.41, 5.74) is -0.138. The van der Waals surface area contributed by atoms with Crippen LogP contribution in [0.4, 0.5) is 14.5 Å². The molecule has 0 bridgehead atoms. The van der Waals surface area contributed by atoms with E-state index in [0.29, 0.717) is 0 Å². The van der Waals surface area contributed by atoms with Gasteiger partial charge in [0.1, 0.15) is 11.6 Å². The fourth-order valence-electron chi connectivity index (χ4n) is 1.41. The normalized spacial score (nSPS) is 11.7. The maximum Gasteiger partial charge on any atom is 0.248 e. The van der Waals surface area contributed by atoms with Crippen LogP contribution in [0.3, 0.4) is 0 Å². The summed E-state index contributed by atoms with van der Waals surface area (Å²) in [6.07, 6.45) is 0. The molecule has 0 fully saturated rings. The molecule has 19 heavy (non-hydrogen) atoms. The number of benzene rings is 1. The molecule has 106 valence electrons. The van der Waals surface area contributed by atoms with E-state index in [1.54, 1.807) is 6.92 Å². The third kappa shape index (κ3) is 3.27. The van der Waals surface area contributed by atoms with Crippen LogP contribution in [0, 0.1) is 11.6 Å². The predicted octanol–water partition coefficient (Wildman–Crippen LogP) is 1.56. The van der Waals surface area contributed by atoms with Gasteiger partial charge in [-0.25, -0.2) is 21.5 Å². The van der Waals surface area contributed by atoms with Crippen LogP contribution in [0.25, 0.3) is 0 Å². The molecular weight excluding hydrogens is 278 g/mol. The molecule has 0 radical (unpaired) electrons. The predicted molar refractivity (Wildman–Crippen MR) is 66.2 cm³/mol. The van der Waals surface area contributed by atoms with Crippen LogP contribution in [0.1, 0.15) is 13.8 Å². The minimum Gasteiger partial charge on any atom is -0.326 e. The molecule has 5 nitrogen and oxygen atoms in total. The maximum absolute atomic E-state index is 13.8. The highest BCUT2D eigenvalue weighted by Gasteiger charge is 2.28. The van der Waals surface area contributed by atoms with E-state index in [4.69, 9.17) is 0 Å². The van der Waals surface area contributed by atoms with Crippen LogP contribution in [0.5, 0.6) is 0 Å². The Kier molecular flexibility index (Phi) is 4.59. The lowest BCUT2D eigenvalue weighted by Crippen LogP contribution is -2.28. The summed E-state index contributed by atoms with van der Waals surface area (Å²) in [5.74, 6) is -3.01. The summed E-state index contributed by atoms with van der Waals surface area (Å²) >= 11 is 0. The number of nitrogens with one attached hydrogen (secondary N) is 1. The quantitative estimate of drug-likeness (QED) is 0.916. The topological polar surface area (TPSA) is 66.5 Å². The zero-order valence-corrected chi connectivity index (χ0v) is 11.5. The molecule has 0 aromatic heterocycles. The van der Waals surface area contributed by atoms with Gasteiger partial charge in [-0.2, -0.15) is 0 Å². The lowest BCUT2D eigenvalue weighted by molar-refractivity contribution is -0.114. The van der Waals surface area contributed by atoms with Crippen molar-refractivity contribution in [1.82, 2.24) is 4.31 Å². The first-order valence-corrected chi connectivity index (χ1v) is 6.87. The zero-order chi connectivity index (χ0) is 14.8. The Morgan fingerprint density at radius 3 is 2.16 bits per heavy atom. The van der Waals surface area contributed by atoms with Gasteiger partial charge in [-0.1, -0.05) is 6.92 Å². The lowest BCUT2D eigenvalue weighted by Gasteiger charge is -2.16. The molecule has 0 atom stereocenters. The van der Waals surface area contributed by atoms with Gasteiger partial charge >= 0.3 is 0 Å². The zero-order valence-electron chi connectivity index (χ0n) is 10.7. The van der Waals surface area contributed by atoms with Crippen molar-refractivity contribution in [2.75, 3.05) is 18.9 Å². The van der Waals surface area contributed by atoms with E-state index in [2.05, 4.69) is 5.32 Å². The molecule has 1 rings (SSSR count). The van der Waals surface area contributed by atoms with Crippen LogP contribution >= 0.6 is 0 Å². The van der Waals surface area contributed by atoms with Gasteiger partial charge in [0.25, 0.3) is 0 Å². The van der Waals surface area contributed by atoms with Gasteiger partial charge in [-0.3, -0.25) is 4.79 Å². The molecule has 0 aliphatic rings. The van der Waals surface area contributed by atoms with Gasteiger partial charge in [0.15, 0.2) is 4.90 Å². The van der Waals surface area contributed by atoms with Crippen molar-refractivity contribution in [3.05, 3.63) is 23.8 Å². The summed E-state index contributed by atoms with van der Waals surface area (Å²) < 4.78 is 52.1. The molecule has 8 heteroatoms. The van der Waals surface area contributed by atoms with Crippen molar-refractivity contribution in [1.29, 1.82) is 0 Å². The lowest BCUT2D eigenvalue weighted by atomic mass is 10.3. The van der Waals surface area contributed by atoms with E-state index in [9.17, 15) is 22.0 Å². The van der Waals surface area contributed by atoms with E-state index < -0.39 is 32.5 Å². The monoisotopic (exact) mass is 292 g/mol. The highest BCUT2D eigenvalue weighted by atomic mass is 32.2. The van der Waals surface area contributed by atoms with Crippen LogP contribution in [0.15, 0.2) is 17.0 Å². The maximum atomic E-state index is 13.8. The molecule has 0 aliphatic carbocycles. The van der Waals surface area contributed by atoms with Gasteiger partial charge in [-0.15, -0.1) is 0 Å². The van der Waals surface area contributed by atoms with E-state index in [1.165, 1.54) is 14.0 Å². The average molecular weight is 292 g/mol. The number of nitrogens with zero attached hydrogens (tertiary/aromatic N) is 1. The summed E-state index contributed by atoms with van der Waals surface area (Å²) in [7, 11) is -3.01. The first-order valence-electron chi connectivity index (χ1n) is 5.43. The Balaban J connectivity index is 3.36. The Hall–Kier alpha value is -1.54. The second kappa shape index (κ2) is 5.62. The molecule has 0 aliphatic heterocycles. The number of hydrogen-bond donors (Lipinski definition) is 1. The third-order valence-electron chi connectivity index (χ3n) is 2.43. The first kappa shape index (κ1) is 15.5. The molecule has 0 heterocycles. The second-order valence-corrected chi connectivity index (χ2v) is 5.85. The van der Waals surface area contributed by atoms with Gasteiger partial charge in [0.2, 0.25) is 15.9 Å². The number of hydrogen-bond acceptors (Lipinski definition) is 3. The minimum absolute atomic E-state index is 0.0780. The molecule has 0 saturated carbocycles. The number of sulfonamides is 1. The van der Waals surface area contributed by atoms with Gasteiger partial charge in [-0.05, 0) is 12.1 Å². The molecule has 0 unspecified atom stereocenters. The highest BCUT2D eigenvalue weighted by Crippen LogP contribution is 2.25. The Morgan fingerprint density at radius 1 is 1.32 bits per heavy atom. The Morgan fingerprint density at radius 2 is 1.79 bits per heavy atom. The number of rotatable bonds is 4. The van der Waals surface area contributed by atoms with Gasteiger partial charge in [0, 0.05) is 26.2 Å². The molecule has 1 aromatic carbocycles. The number of carbonyl (C=O) groups excluding carboxylic acids is 1. The van der Waals surface area contributed by atoms with E-state index in [1.807, 2.05) is 0 Å². The second-order valence-electron chi connectivity index (χ2n) is 3.87. The summed E-state index contributed by atoms with van der Waals surface area (Å²) in [4.78, 5) is 9.77. The van der Waals surface area contributed by atoms with Crippen molar-refractivity contribution >= 4 is 21.6 Å². The van der Waals surface area contributed by atoms with Crippen molar-refractivity contribution in [2.45, 2.75) is 18.7 Å². The van der Waals surface area contributed by atoms with Crippen LogP contribution in [-0.4, -0.2) is 32.2 Å². The molecule has 0 spiro atoms. The smallest absolute Gasteiger partial charge is 0.248 e. The standard InChI is InChI=1S/C11H14F2N2O3S/c1-4-15(3)19(17,18)11-9(12)5-8(6-10(11)13)14-7(2)16/h5-6H,4H2,1-3H3,(H,14,16). The van der Waals surface area contributed by atoms with Crippen molar-refractivity contribution in [2.24, 2.45) is 0 Å². The van der Waals surface area contributed by atoms with Gasteiger partial charge in [0.05, 0.1) is 0 Å². The number of anilines is 1. The highest BCUT2D eigenvalue weighted by molar-refractivity contribution is 7.89. The molecular formula is C11H14F2N2O3S. The minimum atomic E-state index is -4.22. The van der Waals surface area contributed by atoms with E-state index in [-0.39, 0.29) is 12.2 Å². The SMILES string of the molecule is CCN(C)S(=O)(=O)c1c(F)cc(NC(C)=O)cc1F. The van der Waals surface area contributed by atoms with Crippen molar-refractivity contribution in [3.8, 4) is 0 Å². The number of carbonyl (C=O) groups is 1. The fourth-order valence-corrected chi connectivity index (χ4v) is 2.67. The van der Waals surface area contributed by atoms with Crippen molar-refractivity contribution in [3.63, 3.8) is 0 Å². The number of amides is 1.